The van der Waals surface area contributed by atoms with Crippen molar-refractivity contribution < 1.29 is 9.18 Å². The molecular formula is C27H35FN6O. The van der Waals surface area contributed by atoms with Crippen LogP contribution >= 0.6 is 0 Å². The molecule has 35 heavy (non-hydrogen) atoms. The molecule has 0 aliphatic carbocycles. The van der Waals surface area contributed by atoms with Crippen molar-refractivity contribution in [2.45, 2.75) is 39.2 Å². The van der Waals surface area contributed by atoms with E-state index in [0.29, 0.717) is 12.5 Å². The van der Waals surface area contributed by atoms with Crippen LogP contribution in [0.2, 0.25) is 0 Å². The lowest BCUT2D eigenvalue weighted by Crippen LogP contribution is -2.38. The molecule has 0 spiro atoms. The number of carbonyl (C=O) groups is 1. The summed E-state index contributed by atoms with van der Waals surface area (Å²) in [5.74, 6) is 1.33. The summed E-state index contributed by atoms with van der Waals surface area (Å²) in [5, 5.41) is 13.5. The fraction of sp³-hybridized carbons (Fsp3) is 0.407. The highest BCUT2D eigenvalue weighted by atomic mass is 19.1. The molecule has 1 saturated heterocycles. The van der Waals surface area contributed by atoms with Crippen molar-refractivity contribution >= 4 is 23.2 Å². The summed E-state index contributed by atoms with van der Waals surface area (Å²) in [6.07, 6.45) is 6.05. The molecule has 3 N–H and O–H groups in total. The van der Waals surface area contributed by atoms with Gasteiger partial charge in [-0.25, -0.2) is 13.9 Å². The van der Waals surface area contributed by atoms with Crippen LogP contribution in [0.4, 0.5) is 26.4 Å². The third-order valence-electron chi connectivity index (χ3n) is 6.39. The molecule has 8 heteroatoms. The van der Waals surface area contributed by atoms with Gasteiger partial charge in [0.25, 0.3) is 0 Å². The van der Waals surface area contributed by atoms with Gasteiger partial charge in [-0.2, -0.15) is 5.10 Å². The molecule has 4 rings (SSSR count). The monoisotopic (exact) mass is 478 g/mol. The zero-order valence-corrected chi connectivity index (χ0v) is 20.3. The van der Waals surface area contributed by atoms with Gasteiger partial charge in [-0.1, -0.05) is 18.2 Å². The molecule has 2 aromatic carbocycles. The van der Waals surface area contributed by atoms with Crippen LogP contribution in [0.25, 0.3) is 0 Å². The summed E-state index contributed by atoms with van der Waals surface area (Å²) >= 11 is 0. The number of rotatable bonds is 10. The molecule has 186 valence electrons. The fourth-order valence-corrected chi connectivity index (χ4v) is 4.67. The number of likely N-dealkylation sites (tertiary alicyclic amines) is 1. The number of aromatic nitrogens is 2. The van der Waals surface area contributed by atoms with E-state index in [1.807, 2.05) is 54.1 Å². The Kier molecular flexibility index (Phi) is 8.73. The Morgan fingerprint density at radius 1 is 1.14 bits per heavy atom. The fourth-order valence-electron chi connectivity index (χ4n) is 4.67. The van der Waals surface area contributed by atoms with Crippen molar-refractivity contribution in [2.75, 3.05) is 36.8 Å². The normalized spacial score (nSPS) is 16.1. The first-order valence-corrected chi connectivity index (χ1v) is 12.5. The minimum Gasteiger partial charge on any atom is -0.340 e. The quantitative estimate of drug-likeness (QED) is 0.348. The molecule has 1 aliphatic heterocycles. The van der Waals surface area contributed by atoms with Crippen molar-refractivity contribution in [3.8, 4) is 0 Å². The molecule has 0 unspecified atom stereocenters. The summed E-state index contributed by atoms with van der Waals surface area (Å²) in [7, 11) is 0. The van der Waals surface area contributed by atoms with Gasteiger partial charge in [0, 0.05) is 37.1 Å². The third-order valence-corrected chi connectivity index (χ3v) is 6.39. The van der Waals surface area contributed by atoms with E-state index < -0.39 is 0 Å². The van der Waals surface area contributed by atoms with Gasteiger partial charge in [-0.05, 0) is 87.5 Å². The number of amides is 2. The maximum atomic E-state index is 13.1. The van der Waals surface area contributed by atoms with Crippen molar-refractivity contribution in [3.05, 3.63) is 72.2 Å². The highest BCUT2D eigenvalue weighted by molar-refractivity contribution is 5.89. The summed E-state index contributed by atoms with van der Waals surface area (Å²) < 4.78 is 15.0. The first-order chi connectivity index (χ1) is 17.1. The molecule has 7 nitrogen and oxygen atoms in total. The minimum absolute atomic E-state index is 0.180. The molecule has 1 aromatic heterocycles. The topological polar surface area (TPSA) is 74.2 Å². The highest BCUT2D eigenvalue weighted by Crippen LogP contribution is 2.22. The number of nitrogens with zero attached hydrogens (tertiary/aromatic N) is 3. The van der Waals surface area contributed by atoms with Gasteiger partial charge in [0.1, 0.15) is 11.6 Å². The number of nitrogens with one attached hydrogen (secondary N) is 3. The van der Waals surface area contributed by atoms with Gasteiger partial charge in [0.05, 0.1) is 6.20 Å². The molecule has 0 bridgehead atoms. The van der Waals surface area contributed by atoms with Gasteiger partial charge in [-0.3, -0.25) is 0 Å². The second kappa shape index (κ2) is 12.4. The van der Waals surface area contributed by atoms with E-state index in [1.54, 1.807) is 18.3 Å². The van der Waals surface area contributed by atoms with Gasteiger partial charge in [-0.15, -0.1) is 0 Å². The van der Waals surface area contributed by atoms with Crippen LogP contribution in [0.3, 0.4) is 0 Å². The van der Waals surface area contributed by atoms with Crippen LogP contribution in [-0.2, 0) is 13.0 Å². The number of benzene rings is 2. The van der Waals surface area contributed by atoms with E-state index in [2.05, 4.69) is 25.9 Å². The zero-order valence-electron chi connectivity index (χ0n) is 20.3. The maximum Gasteiger partial charge on any atom is 0.319 e. The molecule has 0 saturated carbocycles. The Balaban J connectivity index is 1.16. The third kappa shape index (κ3) is 7.55. The van der Waals surface area contributed by atoms with Crippen LogP contribution in [0.1, 0.15) is 31.7 Å². The molecule has 2 heterocycles. The molecular weight excluding hydrogens is 443 g/mol. The van der Waals surface area contributed by atoms with E-state index >= 15 is 0 Å². The second-order valence-electron chi connectivity index (χ2n) is 9.11. The Labute approximate surface area is 206 Å². The van der Waals surface area contributed by atoms with Crippen LogP contribution in [0.5, 0.6) is 0 Å². The van der Waals surface area contributed by atoms with E-state index in [0.717, 1.165) is 56.2 Å². The number of anilines is 3. The standard InChI is InChI=1S/C27H35FN6O/c1-2-34-26(13-15-30-34)31-24-7-3-8-25(19-24)32-27(35)29-14-5-17-33-16-4-6-22(20-33)18-21-9-11-23(28)12-10-21/h3,7-13,15,19,22,31H,2,4-6,14,16-18,20H2,1H3,(H2,29,32,35)/t22-/m0/s1. The van der Waals surface area contributed by atoms with Crippen LogP contribution in [0, 0.1) is 11.7 Å². The number of hydrogen-bond acceptors (Lipinski definition) is 4. The summed E-state index contributed by atoms with van der Waals surface area (Å²) in [6, 6.07) is 16.2. The molecule has 1 aliphatic rings. The first-order valence-electron chi connectivity index (χ1n) is 12.5. The van der Waals surface area contributed by atoms with E-state index in [-0.39, 0.29) is 11.8 Å². The predicted molar refractivity (Wildman–Crippen MR) is 139 cm³/mol. The minimum atomic E-state index is -0.200. The number of halogens is 1. The SMILES string of the molecule is CCn1nccc1Nc1cccc(NC(=O)NCCCN2CCC[C@@H](Cc3ccc(F)cc3)C2)c1. The molecule has 3 aromatic rings. The number of hydrogen-bond donors (Lipinski definition) is 3. The molecule has 0 radical (unpaired) electrons. The molecule has 1 atom stereocenters. The Bertz CT molecular complexity index is 1080. The van der Waals surface area contributed by atoms with Crippen LogP contribution in [-0.4, -0.2) is 46.9 Å². The summed E-state index contributed by atoms with van der Waals surface area (Å²) in [5.41, 5.74) is 2.82. The Morgan fingerprint density at radius 2 is 1.97 bits per heavy atom. The van der Waals surface area contributed by atoms with Crippen molar-refractivity contribution in [3.63, 3.8) is 0 Å². The Morgan fingerprint density at radius 3 is 2.80 bits per heavy atom. The lowest BCUT2D eigenvalue weighted by atomic mass is 9.91. The summed E-state index contributed by atoms with van der Waals surface area (Å²) in [6.45, 7) is 6.56. The first kappa shape index (κ1) is 24.7. The largest absolute Gasteiger partial charge is 0.340 e. The van der Waals surface area contributed by atoms with Crippen molar-refractivity contribution in [2.24, 2.45) is 5.92 Å². The predicted octanol–water partition coefficient (Wildman–Crippen LogP) is 5.25. The Hall–Kier alpha value is -3.39. The van der Waals surface area contributed by atoms with Crippen molar-refractivity contribution in [1.29, 1.82) is 0 Å². The van der Waals surface area contributed by atoms with Crippen molar-refractivity contribution in [1.82, 2.24) is 20.0 Å². The lowest BCUT2D eigenvalue weighted by molar-refractivity contribution is 0.172. The second-order valence-corrected chi connectivity index (χ2v) is 9.11. The van der Waals surface area contributed by atoms with Gasteiger partial charge in [0.2, 0.25) is 0 Å². The summed E-state index contributed by atoms with van der Waals surface area (Å²) in [4.78, 5) is 14.9. The maximum absolute atomic E-state index is 13.1. The average molecular weight is 479 g/mol. The van der Waals surface area contributed by atoms with Crippen LogP contribution < -0.4 is 16.0 Å². The number of aryl methyl sites for hydroxylation is 1. The highest BCUT2D eigenvalue weighted by Gasteiger charge is 2.20. The average Bonchev–Trinajstić information content (AvgIpc) is 3.31. The van der Waals surface area contributed by atoms with Gasteiger partial charge >= 0.3 is 6.03 Å². The van der Waals surface area contributed by atoms with E-state index in [1.165, 1.54) is 18.4 Å². The zero-order chi connectivity index (χ0) is 24.5. The van der Waals surface area contributed by atoms with Gasteiger partial charge in [0.15, 0.2) is 0 Å². The number of carbonyl (C=O) groups excluding carboxylic acids is 1. The van der Waals surface area contributed by atoms with Gasteiger partial charge < -0.3 is 20.9 Å². The smallest absolute Gasteiger partial charge is 0.319 e. The number of piperidine rings is 1. The lowest BCUT2D eigenvalue weighted by Gasteiger charge is -2.32. The van der Waals surface area contributed by atoms with E-state index in [9.17, 15) is 9.18 Å². The molecule has 1 fully saturated rings. The van der Waals surface area contributed by atoms with E-state index in [4.69, 9.17) is 0 Å². The number of urea groups is 1. The van der Waals surface area contributed by atoms with Crippen LogP contribution in [0.15, 0.2) is 60.8 Å². The molecule has 2 amide bonds.